The zero-order valence-corrected chi connectivity index (χ0v) is 13.5. The molecule has 0 spiro atoms. The lowest BCUT2D eigenvalue weighted by atomic mass is 10.2. The van der Waals surface area contributed by atoms with Gasteiger partial charge >= 0.3 is 0 Å². The Hall–Kier alpha value is -2.05. The zero-order chi connectivity index (χ0) is 15.9. The van der Waals surface area contributed by atoms with E-state index >= 15 is 0 Å². The summed E-state index contributed by atoms with van der Waals surface area (Å²) in [5, 5.41) is 6.29. The summed E-state index contributed by atoms with van der Waals surface area (Å²) in [5.41, 5.74) is 0.729. The average Bonchev–Trinajstić information content (AvgIpc) is 2.57. The third kappa shape index (κ3) is 4.97. The molecule has 1 amide bonds. The Balaban J connectivity index is 1.57. The minimum atomic E-state index is 0.0139. The van der Waals surface area contributed by atoms with Gasteiger partial charge in [0.1, 0.15) is 5.75 Å². The number of ether oxygens (including phenoxy) is 1. The van der Waals surface area contributed by atoms with Crippen molar-refractivity contribution in [1.29, 1.82) is 0 Å². The second kappa shape index (κ2) is 7.99. The molecule has 1 aromatic heterocycles. The van der Waals surface area contributed by atoms with Crippen LogP contribution in [-0.2, 0) is 4.79 Å². The Labute approximate surface area is 139 Å². The number of rotatable bonds is 5. The molecular formula is C17H19N3O2S. The molecule has 1 aromatic carbocycles. The lowest BCUT2D eigenvalue weighted by Gasteiger charge is -2.22. The van der Waals surface area contributed by atoms with Crippen LogP contribution in [0, 0.1) is 0 Å². The van der Waals surface area contributed by atoms with Crippen molar-refractivity contribution < 1.29 is 9.53 Å². The number of nitrogens with one attached hydrogen (secondary N) is 2. The van der Waals surface area contributed by atoms with E-state index in [4.69, 9.17) is 4.74 Å². The molecule has 120 valence electrons. The summed E-state index contributed by atoms with van der Waals surface area (Å²) in [6.45, 7) is 0.968. The third-order valence-corrected chi connectivity index (χ3v) is 4.54. The minimum Gasteiger partial charge on any atom is -0.439 e. The molecule has 6 heteroatoms. The SMILES string of the molecule is O=C(CC1CSCCN1)Nc1cccc(Oc2ccccn2)c1. The van der Waals surface area contributed by atoms with Gasteiger partial charge < -0.3 is 15.4 Å². The van der Waals surface area contributed by atoms with Crippen LogP contribution in [0.2, 0.25) is 0 Å². The Morgan fingerprint density at radius 1 is 1.35 bits per heavy atom. The second-order valence-electron chi connectivity index (χ2n) is 5.28. The predicted molar refractivity (Wildman–Crippen MR) is 93.1 cm³/mol. The summed E-state index contributed by atoms with van der Waals surface area (Å²) in [4.78, 5) is 16.3. The van der Waals surface area contributed by atoms with Crippen LogP contribution in [0.3, 0.4) is 0 Å². The smallest absolute Gasteiger partial charge is 0.225 e. The normalized spacial score (nSPS) is 17.5. The molecule has 1 fully saturated rings. The van der Waals surface area contributed by atoms with Crippen molar-refractivity contribution in [3.8, 4) is 11.6 Å². The van der Waals surface area contributed by atoms with Crippen molar-refractivity contribution in [2.45, 2.75) is 12.5 Å². The fourth-order valence-corrected chi connectivity index (χ4v) is 3.30. The van der Waals surface area contributed by atoms with Crippen molar-refractivity contribution in [2.75, 3.05) is 23.4 Å². The molecule has 1 aliphatic rings. The van der Waals surface area contributed by atoms with Gasteiger partial charge in [-0.15, -0.1) is 0 Å². The van der Waals surface area contributed by atoms with E-state index in [9.17, 15) is 4.79 Å². The van der Waals surface area contributed by atoms with Gasteiger partial charge in [0.05, 0.1) is 0 Å². The number of anilines is 1. The number of aromatic nitrogens is 1. The molecule has 5 nitrogen and oxygen atoms in total. The maximum absolute atomic E-state index is 12.1. The van der Waals surface area contributed by atoms with Crippen LogP contribution in [0.25, 0.3) is 0 Å². The van der Waals surface area contributed by atoms with E-state index < -0.39 is 0 Å². The number of thioether (sulfide) groups is 1. The standard InChI is InChI=1S/C17H19N3O2S/c21-16(11-14-12-23-9-8-18-14)20-13-4-3-5-15(10-13)22-17-6-1-2-7-19-17/h1-7,10,14,18H,8-9,11-12H2,(H,20,21). The number of nitrogens with zero attached hydrogens (tertiary/aromatic N) is 1. The number of pyridine rings is 1. The molecular weight excluding hydrogens is 310 g/mol. The van der Waals surface area contributed by atoms with Crippen LogP contribution in [-0.4, -0.2) is 35.0 Å². The van der Waals surface area contributed by atoms with Gasteiger partial charge in [0.2, 0.25) is 11.8 Å². The first-order valence-corrected chi connectivity index (χ1v) is 8.75. The van der Waals surface area contributed by atoms with E-state index in [1.165, 1.54) is 0 Å². The maximum Gasteiger partial charge on any atom is 0.225 e. The molecule has 0 aliphatic carbocycles. The van der Waals surface area contributed by atoms with E-state index in [1.807, 2.05) is 42.1 Å². The van der Waals surface area contributed by atoms with Gasteiger partial charge in [-0.05, 0) is 18.2 Å². The first-order chi connectivity index (χ1) is 11.3. The van der Waals surface area contributed by atoms with Gasteiger partial charge in [-0.1, -0.05) is 12.1 Å². The van der Waals surface area contributed by atoms with Crippen LogP contribution < -0.4 is 15.4 Å². The zero-order valence-electron chi connectivity index (χ0n) is 12.7. The summed E-state index contributed by atoms with van der Waals surface area (Å²) < 4.78 is 5.67. The number of carbonyl (C=O) groups is 1. The molecule has 3 rings (SSSR count). The van der Waals surface area contributed by atoms with E-state index in [1.54, 1.807) is 18.3 Å². The minimum absolute atomic E-state index is 0.0139. The van der Waals surface area contributed by atoms with Gasteiger partial charge in [0.15, 0.2) is 0 Å². The lowest BCUT2D eigenvalue weighted by Crippen LogP contribution is -2.39. The molecule has 0 radical (unpaired) electrons. The highest BCUT2D eigenvalue weighted by Gasteiger charge is 2.16. The van der Waals surface area contributed by atoms with E-state index in [2.05, 4.69) is 15.6 Å². The third-order valence-electron chi connectivity index (χ3n) is 3.41. The van der Waals surface area contributed by atoms with Gasteiger partial charge in [-0.2, -0.15) is 11.8 Å². The van der Waals surface area contributed by atoms with Gasteiger partial charge in [-0.3, -0.25) is 4.79 Å². The van der Waals surface area contributed by atoms with Gasteiger partial charge in [0.25, 0.3) is 0 Å². The number of amides is 1. The Kier molecular flexibility index (Phi) is 5.50. The summed E-state index contributed by atoms with van der Waals surface area (Å²) in [6.07, 6.45) is 2.16. The maximum atomic E-state index is 12.1. The molecule has 1 unspecified atom stereocenters. The fourth-order valence-electron chi connectivity index (χ4n) is 2.35. The highest BCUT2D eigenvalue weighted by Crippen LogP contribution is 2.22. The first-order valence-electron chi connectivity index (χ1n) is 7.59. The van der Waals surface area contributed by atoms with Crippen LogP contribution in [0.15, 0.2) is 48.7 Å². The van der Waals surface area contributed by atoms with Crippen molar-refractivity contribution in [1.82, 2.24) is 10.3 Å². The predicted octanol–water partition coefficient (Wildman–Crippen LogP) is 2.91. The van der Waals surface area contributed by atoms with Crippen LogP contribution >= 0.6 is 11.8 Å². The Morgan fingerprint density at radius 3 is 3.09 bits per heavy atom. The van der Waals surface area contributed by atoms with Crippen LogP contribution in [0.5, 0.6) is 11.6 Å². The van der Waals surface area contributed by atoms with Gasteiger partial charge in [-0.25, -0.2) is 4.98 Å². The van der Waals surface area contributed by atoms with E-state index in [0.29, 0.717) is 18.1 Å². The second-order valence-corrected chi connectivity index (χ2v) is 6.43. The molecule has 0 bridgehead atoms. The van der Waals surface area contributed by atoms with Crippen LogP contribution in [0.4, 0.5) is 5.69 Å². The lowest BCUT2D eigenvalue weighted by molar-refractivity contribution is -0.116. The number of hydrogen-bond donors (Lipinski definition) is 2. The van der Waals surface area contributed by atoms with E-state index in [0.717, 1.165) is 23.7 Å². The average molecular weight is 329 g/mol. The molecule has 2 aromatic rings. The highest BCUT2D eigenvalue weighted by molar-refractivity contribution is 7.99. The molecule has 0 saturated carbocycles. The van der Waals surface area contributed by atoms with Crippen molar-refractivity contribution in [3.05, 3.63) is 48.7 Å². The topological polar surface area (TPSA) is 63.2 Å². The van der Waals surface area contributed by atoms with Crippen molar-refractivity contribution in [2.24, 2.45) is 0 Å². The van der Waals surface area contributed by atoms with Crippen LogP contribution in [0.1, 0.15) is 6.42 Å². The number of benzene rings is 1. The van der Waals surface area contributed by atoms with Gasteiger partial charge in [0, 0.05) is 54.5 Å². The summed E-state index contributed by atoms with van der Waals surface area (Å²) in [6, 6.07) is 13.1. The highest BCUT2D eigenvalue weighted by atomic mass is 32.2. The first kappa shape index (κ1) is 15.8. The number of carbonyl (C=O) groups excluding carboxylic acids is 1. The summed E-state index contributed by atoms with van der Waals surface area (Å²) in [5.74, 6) is 3.29. The molecule has 1 atom stereocenters. The largest absolute Gasteiger partial charge is 0.439 e. The molecule has 1 aliphatic heterocycles. The monoisotopic (exact) mass is 329 g/mol. The quantitative estimate of drug-likeness (QED) is 0.883. The molecule has 1 saturated heterocycles. The molecule has 2 heterocycles. The Bertz CT molecular complexity index is 645. The van der Waals surface area contributed by atoms with Crippen molar-refractivity contribution in [3.63, 3.8) is 0 Å². The molecule has 2 N–H and O–H groups in total. The fraction of sp³-hybridized carbons (Fsp3) is 0.294. The molecule has 23 heavy (non-hydrogen) atoms. The Morgan fingerprint density at radius 2 is 2.30 bits per heavy atom. The summed E-state index contributed by atoms with van der Waals surface area (Å²) in [7, 11) is 0. The van der Waals surface area contributed by atoms with E-state index in [-0.39, 0.29) is 11.9 Å². The number of hydrogen-bond acceptors (Lipinski definition) is 5. The summed E-state index contributed by atoms with van der Waals surface area (Å²) >= 11 is 1.89. The van der Waals surface area contributed by atoms with Crippen molar-refractivity contribution >= 4 is 23.4 Å².